The number of benzene rings is 3. The minimum absolute atomic E-state index is 0.130. The van der Waals surface area contributed by atoms with Crippen molar-refractivity contribution in [2.24, 2.45) is 0 Å². The van der Waals surface area contributed by atoms with Crippen LogP contribution in [0.2, 0.25) is 0 Å². The molecule has 0 atom stereocenters. The molecule has 4 rings (SSSR count). The van der Waals surface area contributed by atoms with Crippen LogP contribution in [-0.4, -0.2) is 18.0 Å². The summed E-state index contributed by atoms with van der Waals surface area (Å²) >= 11 is 0. The summed E-state index contributed by atoms with van der Waals surface area (Å²) in [6.45, 7) is 0.856. The molecule has 0 radical (unpaired) electrons. The van der Waals surface area contributed by atoms with Crippen LogP contribution < -0.4 is 15.5 Å². The van der Waals surface area contributed by atoms with Gasteiger partial charge in [0.2, 0.25) is 0 Å². The molecule has 1 amide bonds. The summed E-state index contributed by atoms with van der Waals surface area (Å²) in [5.74, 6) is 1.16. The molecule has 134 valence electrons. The molecule has 0 saturated heterocycles. The summed E-state index contributed by atoms with van der Waals surface area (Å²) in [5, 5.41) is 12.6. The molecule has 1 heterocycles. The summed E-state index contributed by atoms with van der Waals surface area (Å²) in [4.78, 5) is 12.3. The molecule has 1 aliphatic rings. The molecule has 3 aromatic rings. The lowest BCUT2D eigenvalue weighted by Crippen LogP contribution is -2.27. The van der Waals surface area contributed by atoms with Gasteiger partial charge in [-0.1, -0.05) is 36.4 Å². The second-order valence-corrected chi connectivity index (χ2v) is 6.32. The van der Waals surface area contributed by atoms with Crippen molar-refractivity contribution in [1.29, 1.82) is 0 Å². The molecule has 0 saturated carbocycles. The van der Waals surface area contributed by atoms with Gasteiger partial charge in [-0.05, 0) is 53.0 Å². The van der Waals surface area contributed by atoms with Crippen molar-refractivity contribution in [2.75, 3.05) is 0 Å². The van der Waals surface area contributed by atoms with Crippen LogP contribution in [0.3, 0.4) is 0 Å². The Morgan fingerprint density at radius 3 is 2.56 bits per heavy atom. The first-order valence-corrected chi connectivity index (χ1v) is 8.71. The van der Waals surface area contributed by atoms with E-state index in [1.807, 2.05) is 36.4 Å². The molecule has 2 N–H and O–H groups in total. The molecule has 0 aromatic heterocycles. The third-order valence-corrected chi connectivity index (χ3v) is 4.43. The topological polar surface area (TPSA) is 67.8 Å². The lowest BCUT2D eigenvalue weighted by atomic mass is 9.80. The van der Waals surface area contributed by atoms with Gasteiger partial charge in [-0.2, -0.15) is 0 Å². The van der Waals surface area contributed by atoms with E-state index in [0.717, 1.165) is 16.6 Å². The summed E-state index contributed by atoms with van der Waals surface area (Å²) in [6.07, 6.45) is 0. The molecule has 0 unspecified atom stereocenters. The van der Waals surface area contributed by atoms with Crippen LogP contribution in [0.5, 0.6) is 11.5 Å². The number of amides is 1. The first kappa shape index (κ1) is 17.3. The van der Waals surface area contributed by atoms with Crippen molar-refractivity contribution in [1.82, 2.24) is 5.32 Å². The molecule has 0 fully saturated rings. The van der Waals surface area contributed by atoms with Crippen LogP contribution in [0.15, 0.2) is 72.8 Å². The smallest absolute Gasteiger partial charge is 0.457 e. The maximum absolute atomic E-state index is 12.3. The molecule has 0 spiro atoms. The van der Waals surface area contributed by atoms with Gasteiger partial charge in [-0.3, -0.25) is 4.79 Å². The van der Waals surface area contributed by atoms with Crippen LogP contribution >= 0.6 is 0 Å². The maximum Gasteiger partial charge on any atom is 0.491 e. The number of hydrogen-bond acceptors (Lipinski definition) is 4. The number of carbonyl (C=O) groups excluding carboxylic acids is 1. The second kappa shape index (κ2) is 7.66. The Balaban J connectivity index is 1.38. The number of ether oxygens (including phenoxy) is 1. The molecule has 0 bridgehead atoms. The maximum atomic E-state index is 12.3. The minimum atomic E-state index is -0.859. The molecule has 6 heteroatoms. The highest BCUT2D eigenvalue weighted by molar-refractivity contribution is 6.61. The SMILES string of the molecule is O=C(NCc1ccccc1)c1ccc(Oc2ccc3c(c2)COB3O)cc1. The highest BCUT2D eigenvalue weighted by atomic mass is 16.5. The predicted octanol–water partition coefficient (Wildman–Crippen LogP) is 2.63. The Morgan fingerprint density at radius 2 is 1.78 bits per heavy atom. The lowest BCUT2D eigenvalue weighted by molar-refractivity contribution is 0.0951. The minimum Gasteiger partial charge on any atom is -0.457 e. The normalized spacial score (nSPS) is 12.6. The predicted molar refractivity (Wildman–Crippen MR) is 103 cm³/mol. The van der Waals surface area contributed by atoms with Crippen molar-refractivity contribution in [2.45, 2.75) is 13.2 Å². The average Bonchev–Trinajstić information content (AvgIpc) is 3.08. The van der Waals surface area contributed by atoms with Gasteiger partial charge >= 0.3 is 7.12 Å². The molecule has 3 aromatic carbocycles. The first-order valence-electron chi connectivity index (χ1n) is 8.71. The van der Waals surface area contributed by atoms with E-state index in [0.29, 0.717) is 30.2 Å². The van der Waals surface area contributed by atoms with E-state index >= 15 is 0 Å². The van der Waals surface area contributed by atoms with Gasteiger partial charge in [-0.15, -0.1) is 0 Å². The van der Waals surface area contributed by atoms with Gasteiger partial charge in [-0.25, -0.2) is 0 Å². The standard InChI is InChI=1S/C21H18BNO4/c24-21(23-13-15-4-2-1-3-5-15)16-6-8-18(9-7-16)27-19-10-11-20-17(12-19)14-26-22(20)25/h1-12,25H,13-14H2,(H,23,24). The Bertz CT molecular complexity index is 944. The zero-order chi connectivity index (χ0) is 18.6. The Labute approximate surface area is 157 Å². The van der Waals surface area contributed by atoms with Gasteiger partial charge in [0.25, 0.3) is 5.91 Å². The quantitative estimate of drug-likeness (QED) is 0.688. The number of rotatable bonds is 5. The van der Waals surface area contributed by atoms with E-state index in [1.165, 1.54) is 0 Å². The third kappa shape index (κ3) is 4.02. The van der Waals surface area contributed by atoms with Crippen molar-refractivity contribution in [3.63, 3.8) is 0 Å². The van der Waals surface area contributed by atoms with E-state index in [4.69, 9.17) is 9.39 Å². The van der Waals surface area contributed by atoms with Crippen molar-refractivity contribution >= 4 is 18.5 Å². The highest BCUT2D eigenvalue weighted by Crippen LogP contribution is 2.24. The van der Waals surface area contributed by atoms with Crippen LogP contribution in [0, 0.1) is 0 Å². The number of carbonyl (C=O) groups is 1. The summed E-state index contributed by atoms with van der Waals surface area (Å²) in [6, 6.07) is 22.2. The fourth-order valence-electron chi connectivity index (χ4n) is 2.96. The molecule has 0 aliphatic carbocycles. The lowest BCUT2D eigenvalue weighted by Gasteiger charge is -2.09. The van der Waals surface area contributed by atoms with Gasteiger partial charge in [0.1, 0.15) is 11.5 Å². The van der Waals surface area contributed by atoms with Crippen LogP contribution in [-0.2, 0) is 17.8 Å². The van der Waals surface area contributed by atoms with Crippen molar-refractivity contribution < 1.29 is 19.2 Å². The third-order valence-electron chi connectivity index (χ3n) is 4.43. The molecular weight excluding hydrogens is 341 g/mol. The first-order chi connectivity index (χ1) is 13.2. The molecule has 5 nitrogen and oxygen atoms in total. The van der Waals surface area contributed by atoms with Gasteiger partial charge in [0, 0.05) is 12.1 Å². The summed E-state index contributed by atoms with van der Waals surface area (Å²) in [7, 11) is -0.859. The van der Waals surface area contributed by atoms with Crippen molar-refractivity contribution in [3.8, 4) is 11.5 Å². The van der Waals surface area contributed by atoms with Gasteiger partial charge in [0.15, 0.2) is 0 Å². The zero-order valence-electron chi connectivity index (χ0n) is 14.6. The second-order valence-electron chi connectivity index (χ2n) is 6.32. The fourth-order valence-corrected chi connectivity index (χ4v) is 2.96. The van der Waals surface area contributed by atoms with E-state index in [9.17, 15) is 9.82 Å². The summed E-state index contributed by atoms with van der Waals surface area (Å²) in [5.41, 5.74) is 3.31. The zero-order valence-corrected chi connectivity index (χ0v) is 14.6. The Morgan fingerprint density at radius 1 is 1.04 bits per heavy atom. The van der Waals surface area contributed by atoms with Crippen molar-refractivity contribution in [3.05, 3.63) is 89.5 Å². The van der Waals surface area contributed by atoms with Crippen LogP contribution in [0.4, 0.5) is 0 Å². The van der Waals surface area contributed by atoms with E-state index in [2.05, 4.69) is 5.32 Å². The fraction of sp³-hybridized carbons (Fsp3) is 0.0952. The number of hydrogen-bond donors (Lipinski definition) is 2. The average molecular weight is 359 g/mol. The summed E-state index contributed by atoms with van der Waals surface area (Å²) < 4.78 is 11.0. The largest absolute Gasteiger partial charge is 0.491 e. The number of nitrogens with one attached hydrogen (secondary N) is 1. The molecule has 27 heavy (non-hydrogen) atoms. The highest BCUT2D eigenvalue weighted by Gasteiger charge is 2.27. The van der Waals surface area contributed by atoms with Gasteiger partial charge in [0.05, 0.1) is 6.61 Å². The van der Waals surface area contributed by atoms with Crippen LogP contribution in [0.1, 0.15) is 21.5 Å². The number of fused-ring (bicyclic) bond motifs is 1. The molecule has 1 aliphatic heterocycles. The van der Waals surface area contributed by atoms with Gasteiger partial charge < -0.3 is 19.7 Å². The van der Waals surface area contributed by atoms with Crippen LogP contribution in [0.25, 0.3) is 0 Å². The monoisotopic (exact) mass is 359 g/mol. The Kier molecular flexibility index (Phi) is 4.92. The Hall–Kier alpha value is -3.09. The van der Waals surface area contributed by atoms with E-state index in [1.54, 1.807) is 36.4 Å². The van der Waals surface area contributed by atoms with E-state index in [-0.39, 0.29) is 5.91 Å². The molecular formula is C21H18BNO4. The van der Waals surface area contributed by atoms with E-state index < -0.39 is 7.12 Å².